The first-order valence-electron chi connectivity index (χ1n) is 9.11. The lowest BCUT2D eigenvalue weighted by molar-refractivity contribution is -0.130. The number of benzene rings is 1. The summed E-state index contributed by atoms with van der Waals surface area (Å²) >= 11 is 0. The molecule has 24 heavy (non-hydrogen) atoms. The predicted molar refractivity (Wildman–Crippen MR) is 94.8 cm³/mol. The molecule has 130 valence electrons. The highest BCUT2D eigenvalue weighted by Crippen LogP contribution is 2.15. The fourth-order valence-corrected chi connectivity index (χ4v) is 3.50. The van der Waals surface area contributed by atoms with Gasteiger partial charge in [0.25, 0.3) is 0 Å². The monoisotopic (exact) mass is 329 g/mol. The average Bonchev–Trinajstić information content (AvgIpc) is 3.27. The zero-order chi connectivity index (χ0) is 16.8. The van der Waals surface area contributed by atoms with E-state index in [-0.39, 0.29) is 11.8 Å². The second-order valence-corrected chi connectivity index (χ2v) is 6.83. The van der Waals surface area contributed by atoms with Gasteiger partial charge in [-0.2, -0.15) is 0 Å². The Balaban J connectivity index is 1.42. The second kappa shape index (κ2) is 8.29. The van der Waals surface area contributed by atoms with Gasteiger partial charge in [0.15, 0.2) is 0 Å². The van der Waals surface area contributed by atoms with Crippen molar-refractivity contribution in [1.29, 1.82) is 0 Å². The standard InChI is InChI=1S/C19H27N3O2/c23-18(14-17-4-3-11-20-17)21-16-8-5-15(6-9-16)7-10-19(24)22-12-1-2-13-22/h5-6,8-9,17,20H,1-4,7,10-14H2,(H,21,23). The van der Waals surface area contributed by atoms with Crippen LogP contribution in [0.15, 0.2) is 24.3 Å². The third-order valence-electron chi connectivity index (χ3n) is 4.92. The third-order valence-corrected chi connectivity index (χ3v) is 4.92. The molecule has 0 aliphatic carbocycles. The molecule has 2 saturated heterocycles. The first-order valence-corrected chi connectivity index (χ1v) is 9.11. The molecule has 0 radical (unpaired) electrons. The molecule has 3 rings (SSSR count). The molecule has 0 saturated carbocycles. The number of anilines is 1. The summed E-state index contributed by atoms with van der Waals surface area (Å²) in [6.45, 7) is 2.85. The Hall–Kier alpha value is -1.88. The number of carbonyl (C=O) groups excluding carboxylic acids is 2. The van der Waals surface area contributed by atoms with Crippen LogP contribution in [0, 0.1) is 0 Å². The van der Waals surface area contributed by atoms with Crippen LogP contribution >= 0.6 is 0 Å². The average molecular weight is 329 g/mol. The molecule has 2 aliphatic rings. The van der Waals surface area contributed by atoms with Crippen molar-refractivity contribution in [2.75, 3.05) is 25.0 Å². The van der Waals surface area contributed by atoms with Crippen molar-refractivity contribution in [3.63, 3.8) is 0 Å². The highest BCUT2D eigenvalue weighted by Gasteiger charge is 2.18. The van der Waals surface area contributed by atoms with Gasteiger partial charge >= 0.3 is 0 Å². The van der Waals surface area contributed by atoms with E-state index in [9.17, 15) is 9.59 Å². The van der Waals surface area contributed by atoms with Gasteiger partial charge in [-0.15, -0.1) is 0 Å². The van der Waals surface area contributed by atoms with Gasteiger partial charge in [0, 0.05) is 37.7 Å². The number of aryl methyl sites for hydroxylation is 1. The summed E-state index contributed by atoms with van der Waals surface area (Å²) in [5.74, 6) is 0.320. The number of carbonyl (C=O) groups is 2. The second-order valence-electron chi connectivity index (χ2n) is 6.83. The van der Waals surface area contributed by atoms with Crippen LogP contribution in [0.4, 0.5) is 5.69 Å². The number of nitrogens with zero attached hydrogens (tertiary/aromatic N) is 1. The topological polar surface area (TPSA) is 61.4 Å². The van der Waals surface area contributed by atoms with E-state index in [0.29, 0.717) is 18.9 Å². The molecule has 1 aromatic rings. The molecule has 5 nitrogen and oxygen atoms in total. The van der Waals surface area contributed by atoms with E-state index in [1.165, 1.54) is 0 Å². The smallest absolute Gasteiger partial charge is 0.225 e. The minimum atomic E-state index is 0.0614. The summed E-state index contributed by atoms with van der Waals surface area (Å²) in [6.07, 6.45) is 6.37. The zero-order valence-corrected chi connectivity index (χ0v) is 14.2. The number of hydrogen-bond acceptors (Lipinski definition) is 3. The van der Waals surface area contributed by atoms with Crippen LogP contribution in [0.1, 0.15) is 44.1 Å². The molecule has 2 amide bonds. The lowest BCUT2D eigenvalue weighted by atomic mass is 10.1. The molecule has 1 atom stereocenters. The predicted octanol–water partition coefficient (Wildman–Crippen LogP) is 2.32. The quantitative estimate of drug-likeness (QED) is 0.842. The van der Waals surface area contributed by atoms with Crippen molar-refractivity contribution in [2.45, 2.75) is 51.0 Å². The van der Waals surface area contributed by atoms with Gasteiger partial charge in [-0.3, -0.25) is 9.59 Å². The van der Waals surface area contributed by atoms with E-state index in [0.717, 1.165) is 63.0 Å². The van der Waals surface area contributed by atoms with Gasteiger partial charge in [0.2, 0.25) is 11.8 Å². The molecule has 5 heteroatoms. The summed E-state index contributed by atoms with van der Waals surface area (Å²) < 4.78 is 0. The molecule has 2 heterocycles. The fraction of sp³-hybridized carbons (Fsp3) is 0.579. The molecular weight excluding hydrogens is 302 g/mol. The van der Waals surface area contributed by atoms with Crippen LogP contribution in [0.3, 0.4) is 0 Å². The molecule has 1 aromatic carbocycles. The summed E-state index contributed by atoms with van der Waals surface area (Å²) in [4.78, 5) is 26.0. The summed E-state index contributed by atoms with van der Waals surface area (Å²) in [5.41, 5.74) is 1.96. The number of likely N-dealkylation sites (tertiary alicyclic amines) is 1. The molecule has 0 bridgehead atoms. The third kappa shape index (κ3) is 4.81. The lowest BCUT2D eigenvalue weighted by Gasteiger charge is -2.15. The van der Waals surface area contributed by atoms with Crippen LogP contribution in [-0.2, 0) is 16.0 Å². The Morgan fingerprint density at radius 2 is 1.88 bits per heavy atom. The number of rotatable bonds is 6. The Labute approximate surface area is 143 Å². The van der Waals surface area contributed by atoms with E-state index >= 15 is 0 Å². The highest BCUT2D eigenvalue weighted by atomic mass is 16.2. The van der Waals surface area contributed by atoms with Gasteiger partial charge in [-0.05, 0) is 56.3 Å². The molecule has 0 aromatic heterocycles. The van der Waals surface area contributed by atoms with Crippen molar-refractivity contribution in [2.24, 2.45) is 0 Å². The van der Waals surface area contributed by atoms with Crippen molar-refractivity contribution >= 4 is 17.5 Å². The van der Waals surface area contributed by atoms with E-state index in [1.54, 1.807) is 0 Å². The van der Waals surface area contributed by atoms with Gasteiger partial charge in [-0.1, -0.05) is 12.1 Å². The summed E-state index contributed by atoms with van der Waals surface area (Å²) in [5, 5.41) is 6.29. The van der Waals surface area contributed by atoms with Gasteiger partial charge in [-0.25, -0.2) is 0 Å². The lowest BCUT2D eigenvalue weighted by Crippen LogP contribution is -2.27. The van der Waals surface area contributed by atoms with Crippen LogP contribution in [0.5, 0.6) is 0 Å². The Morgan fingerprint density at radius 1 is 1.12 bits per heavy atom. The minimum absolute atomic E-state index is 0.0614. The first-order chi connectivity index (χ1) is 11.7. The number of nitrogens with one attached hydrogen (secondary N) is 2. The maximum atomic E-state index is 12.1. The maximum Gasteiger partial charge on any atom is 0.225 e. The molecule has 2 fully saturated rings. The molecule has 1 unspecified atom stereocenters. The van der Waals surface area contributed by atoms with E-state index in [4.69, 9.17) is 0 Å². The van der Waals surface area contributed by atoms with Crippen LogP contribution in [0.25, 0.3) is 0 Å². The highest BCUT2D eigenvalue weighted by molar-refractivity contribution is 5.91. The van der Waals surface area contributed by atoms with Crippen molar-refractivity contribution in [1.82, 2.24) is 10.2 Å². The van der Waals surface area contributed by atoms with Gasteiger partial charge in [0.05, 0.1) is 0 Å². The van der Waals surface area contributed by atoms with Gasteiger partial charge < -0.3 is 15.5 Å². The van der Waals surface area contributed by atoms with E-state index in [2.05, 4.69) is 10.6 Å². The number of amides is 2. The largest absolute Gasteiger partial charge is 0.343 e. The van der Waals surface area contributed by atoms with Crippen LogP contribution in [0.2, 0.25) is 0 Å². The first kappa shape index (κ1) is 17.0. The molecule has 0 spiro atoms. The van der Waals surface area contributed by atoms with Crippen molar-refractivity contribution in [3.05, 3.63) is 29.8 Å². The van der Waals surface area contributed by atoms with E-state index < -0.39 is 0 Å². The van der Waals surface area contributed by atoms with Crippen molar-refractivity contribution in [3.8, 4) is 0 Å². The Morgan fingerprint density at radius 3 is 2.54 bits per heavy atom. The van der Waals surface area contributed by atoms with Gasteiger partial charge in [0.1, 0.15) is 0 Å². The minimum Gasteiger partial charge on any atom is -0.343 e. The summed E-state index contributed by atoms with van der Waals surface area (Å²) in [6, 6.07) is 8.17. The number of hydrogen-bond donors (Lipinski definition) is 2. The molecular formula is C19H27N3O2. The normalized spacial score (nSPS) is 20.3. The Bertz CT molecular complexity index is 558. The molecule has 2 aliphatic heterocycles. The maximum absolute atomic E-state index is 12.1. The fourth-order valence-electron chi connectivity index (χ4n) is 3.50. The molecule has 2 N–H and O–H groups in total. The summed E-state index contributed by atoms with van der Waals surface area (Å²) in [7, 11) is 0. The Kier molecular flexibility index (Phi) is 5.86. The van der Waals surface area contributed by atoms with Crippen LogP contribution < -0.4 is 10.6 Å². The SMILES string of the molecule is O=C(CC1CCCN1)Nc1ccc(CCC(=O)N2CCCC2)cc1. The van der Waals surface area contributed by atoms with Crippen LogP contribution in [-0.4, -0.2) is 42.4 Å². The van der Waals surface area contributed by atoms with Crippen molar-refractivity contribution < 1.29 is 9.59 Å². The zero-order valence-electron chi connectivity index (χ0n) is 14.2. The van der Waals surface area contributed by atoms with E-state index in [1.807, 2.05) is 29.2 Å².